The van der Waals surface area contributed by atoms with Gasteiger partial charge in [-0.1, -0.05) is 38.1 Å². The summed E-state index contributed by atoms with van der Waals surface area (Å²) in [6, 6.07) is 10.1. The SMILES string of the molecule is CC(C)Cc1cccc2cc(Cn3cccc(NC(=O)C(CC/C=C/C(N)=O)NC(=O)O)c3=O)[nH]c12. The van der Waals surface area contributed by atoms with E-state index in [0.717, 1.165) is 29.1 Å². The lowest BCUT2D eigenvalue weighted by molar-refractivity contribution is -0.118. The molecule has 2 aromatic heterocycles. The Balaban J connectivity index is 1.77. The minimum atomic E-state index is -1.38. The Morgan fingerprint density at radius 1 is 1.19 bits per heavy atom. The van der Waals surface area contributed by atoms with Crippen LogP contribution in [0.5, 0.6) is 0 Å². The highest BCUT2D eigenvalue weighted by molar-refractivity contribution is 5.96. The number of pyridine rings is 1. The fraction of sp³-hybridized carbons (Fsp3) is 0.308. The Morgan fingerprint density at radius 3 is 2.67 bits per heavy atom. The number of aromatic amines is 1. The molecule has 0 radical (unpaired) electrons. The summed E-state index contributed by atoms with van der Waals surface area (Å²) in [7, 11) is 0. The largest absolute Gasteiger partial charge is 0.465 e. The molecule has 3 amide bonds. The first-order valence-corrected chi connectivity index (χ1v) is 11.7. The first-order valence-electron chi connectivity index (χ1n) is 11.7. The molecule has 1 atom stereocenters. The summed E-state index contributed by atoms with van der Waals surface area (Å²) in [5.41, 5.74) is 7.75. The quantitative estimate of drug-likeness (QED) is 0.259. The van der Waals surface area contributed by atoms with E-state index >= 15 is 0 Å². The molecule has 0 spiro atoms. The number of para-hydroxylation sites is 1. The highest BCUT2D eigenvalue weighted by atomic mass is 16.4. The van der Waals surface area contributed by atoms with E-state index in [-0.39, 0.29) is 25.1 Å². The van der Waals surface area contributed by atoms with E-state index in [1.807, 2.05) is 18.2 Å². The first kappa shape index (κ1) is 26.3. The van der Waals surface area contributed by atoms with Crippen LogP contribution >= 0.6 is 0 Å². The number of anilines is 1. The van der Waals surface area contributed by atoms with Crippen molar-refractivity contribution >= 4 is 34.5 Å². The summed E-state index contributed by atoms with van der Waals surface area (Å²) < 4.78 is 1.47. The van der Waals surface area contributed by atoms with Crippen LogP contribution in [0.1, 0.15) is 37.9 Å². The van der Waals surface area contributed by atoms with Crippen molar-refractivity contribution in [3.8, 4) is 0 Å². The molecule has 3 rings (SSSR count). The number of nitrogens with one attached hydrogen (secondary N) is 3. The third-order valence-corrected chi connectivity index (χ3v) is 5.56. The number of benzene rings is 1. The number of carbonyl (C=O) groups excluding carboxylic acids is 2. The van der Waals surface area contributed by atoms with Gasteiger partial charge in [0.25, 0.3) is 5.56 Å². The highest BCUT2D eigenvalue weighted by Crippen LogP contribution is 2.22. The van der Waals surface area contributed by atoms with Gasteiger partial charge in [0.2, 0.25) is 11.8 Å². The number of aromatic nitrogens is 2. The molecular weight excluding hydrogens is 462 g/mol. The van der Waals surface area contributed by atoms with Gasteiger partial charge in [-0.2, -0.15) is 0 Å². The maximum Gasteiger partial charge on any atom is 0.405 e. The van der Waals surface area contributed by atoms with Gasteiger partial charge in [0.1, 0.15) is 11.7 Å². The molecule has 0 saturated heterocycles. The lowest BCUT2D eigenvalue weighted by Gasteiger charge is -2.16. The number of carbonyl (C=O) groups is 3. The van der Waals surface area contributed by atoms with Crippen LogP contribution in [-0.2, 0) is 22.6 Å². The second kappa shape index (κ2) is 11.9. The Labute approximate surface area is 208 Å². The highest BCUT2D eigenvalue weighted by Gasteiger charge is 2.21. The van der Waals surface area contributed by atoms with Crippen molar-refractivity contribution in [2.45, 2.75) is 45.7 Å². The van der Waals surface area contributed by atoms with Crippen molar-refractivity contribution < 1.29 is 19.5 Å². The molecule has 10 nitrogen and oxygen atoms in total. The minimum Gasteiger partial charge on any atom is -0.465 e. The number of allylic oxidation sites excluding steroid dienone is 1. The van der Waals surface area contributed by atoms with E-state index < -0.39 is 29.5 Å². The predicted molar refractivity (Wildman–Crippen MR) is 138 cm³/mol. The number of primary amides is 1. The van der Waals surface area contributed by atoms with E-state index in [4.69, 9.17) is 10.8 Å². The monoisotopic (exact) mass is 493 g/mol. The second-order valence-corrected chi connectivity index (χ2v) is 9.00. The van der Waals surface area contributed by atoms with Crippen molar-refractivity contribution in [1.82, 2.24) is 14.9 Å². The summed E-state index contributed by atoms with van der Waals surface area (Å²) in [4.78, 5) is 51.2. The summed E-state index contributed by atoms with van der Waals surface area (Å²) in [5.74, 6) is -0.814. The molecule has 0 aliphatic heterocycles. The number of carboxylic acid groups (broad SMARTS) is 1. The van der Waals surface area contributed by atoms with Crippen molar-refractivity contribution in [3.63, 3.8) is 0 Å². The molecule has 36 heavy (non-hydrogen) atoms. The number of hydrogen-bond donors (Lipinski definition) is 5. The standard InChI is InChI=1S/C26H31N5O5/c1-16(2)13-17-7-5-8-18-14-19(28-23(17)18)15-31-12-6-10-21(25(31)34)29-24(33)20(30-26(35)36)9-3-4-11-22(27)32/h4-8,10-12,14,16,20,28,30H,3,9,13,15H2,1-2H3,(H2,27,32)(H,29,33)(H,35,36)/b11-4+. The van der Waals surface area contributed by atoms with Gasteiger partial charge in [-0.25, -0.2) is 4.79 Å². The predicted octanol–water partition coefficient (Wildman–Crippen LogP) is 2.97. The molecule has 190 valence electrons. The molecule has 0 saturated carbocycles. The molecule has 0 aliphatic rings. The maximum atomic E-state index is 13.1. The summed E-state index contributed by atoms with van der Waals surface area (Å²) >= 11 is 0. The number of nitrogens with two attached hydrogens (primary N) is 1. The van der Waals surface area contributed by atoms with Crippen molar-refractivity contribution in [3.05, 3.63) is 76.4 Å². The van der Waals surface area contributed by atoms with E-state index in [9.17, 15) is 19.2 Å². The van der Waals surface area contributed by atoms with Gasteiger partial charge < -0.3 is 31.0 Å². The Hall–Kier alpha value is -4.34. The molecule has 0 aliphatic carbocycles. The van der Waals surface area contributed by atoms with Crippen LogP contribution < -0.4 is 21.9 Å². The molecule has 6 N–H and O–H groups in total. The molecule has 10 heteroatoms. The van der Waals surface area contributed by atoms with E-state index in [2.05, 4.69) is 35.5 Å². The van der Waals surface area contributed by atoms with Crippen molar-refractivity contribution in [2.24, 2.45) is 11.7 Å². The van der Waals surface area contributed by atoms with Gasteiger partial charge in [0.05, 0.1) is 6.54 Å². The van der Waals surface area contributed by atoms with Crippen molar-refractivity contribution in [2.75, 3.05) is 5.32 Å². The van der Waals surface area contributed by atoms with Crippen LogP contribution in [0.2, 0.25) is 0 Å². The van der Waals surface area contributed by atoms with Gasteiger partial charge in [-0.3, -0.25) is 14.4 Å². The van der Waals surface area contributed by atoms with Gasteiger partial charge >= 0.3 is 6.09 Å². The molecule has 0 fully saturated rings. The molecule has 0 bridgehead atoms. The normalized spacial score (nSPS) is 12.2. The van der Waals surface area contributed by atoms with Gasteiger partial charge in [0, 0.05) is 17.4 Å². The summed E-state index contributed by atoms with van der Waals surface area (Å²) in [5, 5.41) is 14.8. The summed E-state index contributed by atoms with van der Waals surface area (Å²) in [6.45, 7) is 4.60. The Bertz CT molecular complexity index is 1340. The van der Waals surface area contributed by atoms with E-state index in [0.29, 0.717) is 5.92 Å². The summed E-state index contributed by atoms with van der Waals surface area (Å²) in [6.07, 6.45) is 4.09. The fourth-order valence-electron chi connectivity index (χ4n) is 4.01. The van der Waals surface area contributed by atoms with Crippen LogP contribution in [0, 0.1) is 5.92 Å². The second-order valence-electron chi connectivity index (χ2n) is 9.00. The lowest BCUT2D eigenvalue weighted by Crippen LogP contribution is -2.44. The maximum absolute atomic E-state index is 13.1. The zero-order chi connectivity index (χ0) is 26.2. The van der Waals surface area contributed by atoms with E-state index in [1.54, 1.807) is 12.3 Å². The van der Waals surface area contributed by atoms with Gasteiger partial charge in [-0.15, -0.1) is 0 Å². The number of nitrogens with zero attached hydrogens (tertiary/aromatic N) is 1. The van der Waals surface area contributed by atoms with Crippen LogP contribution in [0.3, 0.4) is 0 Å². The number of H-pyrrole nitrogens is 1. The minimum absolute atomic E-state index is 0.0315. The van der Waals surface area contributed by atoms with Crippen LogP contribution in [0.4, 0.5) is 10.5 Å². The fourth-order valence-corrected chi connectivity index (χ4v) is 4.01. The third kappa shape index (κ3) is 7.08. The van der Waals surface area contributed by atoms with Crippen LogP contribution in [0.15, 0.2) is 59.5 Å². The zero-order valence-corrected chi connectivity index (χ0v) is 20.3. The van der Waals surface area contributed by atoms with Gasteiger partial charge in [-0.05, 0) is 60.4 Å². The number of fused-ring (bicyclic) bond motifs is 1. The van der Waals surface area contributed by atoms with Crippen molar-refractivity contribution in [1.29, 1.82) is 0 Å². The molecule has 1 unspecified atom stereocenters. The number of hydrogen-bond acceptors (Lipinski definition) is 4. The number of amides is 3. The van der Waals surface area contributed by atoms with Crippen LogP contribution in [0.25, 0.3) is 10.9 Å². The first-order chi connectivity index (χ1) is 17.1. The number of rotatable bonds is 11. The smallest absolute Gasteiger partial charge is 0.405 e. The Kier molecular flexibility index (Phi) is 8.66. The third-order valence-electron chi connectivity index (χ3n) is 5.56. The lowest BCUT2D eigenvalue weighted by atomic mass is 10.0. The average molecular weight is 494 g/mol. The zero-order valence-electron chi connectivity index (χ0n) is 20.3. The van der Waals surface area contributed by atoms with Gasteiger partial charge in [0.15, 0.2) is 0 Å². The molecule has 2 heterocycles. The molecule has 3 aromatic rings. The molecular formula is C26H31N5O5. The van der Waals surface area contributed by atoms with Crippen LogP contribution in [-0.4, -0.2) is 38.6 Å². The Morgan fingerprint density at radius 2 is 1.97 bits per heavy atom. The molecule has 1 aromatic carbocycles. The topological polar surface area (TPSA) is 159 Å². The van der Waals surface area contributed by atoms with E-state index in [1.165, 1.54) is 22.3 Å². The average Bonchev–Trinajstić information content (AvgIpc) is 3.21.